The number of unbranched alkanes of at least 4 members (excludes halogenated alkanes) is 1. The molecular formula is C7H16N2O4. The van der Waals surface area contributed by atoms with Crippen molar-refractivity contribution in [3.8, 4) is 0 Å². The van der Waals surface area contributed by atoms with Crippen LogP contribution >= 0.6 is 0 Å². The summed E-state index contributed by atoms with van der Waals surface area (Å²) in [5, 5.41) is 9.77. The second kappa shape index (κ2) is 10.5. The molecule has 0 aliphatic rings. The third kappa shape index (κ3) is 25.0. The Bertz CT molecular complexity index is 145. The second-order valence-corrected chi connectivity index (χ2v) is 2.11. The number of nitrogens with one attached hydrogen (secondary N) is 1. The van der Waals surface area contributed by atoms with E-state index in [1.54, 1.807) is 0 Å². The molecule has 0 aliphatic carbocycles. The molecule has 0 spiro atoms. The van der Waals surface area contributed by atoms with E-state index < -0.39 is 6.09 Å². The summed E-state index contributed by atoms with van der Waals surface area (Å²) in [4.78, 5) is 19.1. The van der Waals surface area contributed by atoms with Crippen molar-refractivity contribution in [1.82, 2.24) is 5.32 Å². The number of primary amides is 1. The first kappa shape index (κ1) is 14.1. The number of hydrogen-bond acceptors (Lipinski definition) is 3. The fraction of sp³-hybridized carbons (Fsp3) is 0.714. The van der Waals surface area contributed by atoms with Crippen molar-refractivity contribution in [2.24, 2.45) is 5.73 Å². The molecule has 0 bridgehead atoms. The number of amides is 2. The monoisotopic (exact) mass is 192 g/mol. The molecule has 0 atom stereocenters. The molecule has 0 aromatic carbocycles. The van der Waals surface area contributed by atoms with Crippen molar-refractivity contribution in [1.29, 1.82) is 0 Å². The molecule has 0 rings (SSSR count). The molecule has 0 heterocycles. The average Bonchev–Trinajstić information content (AvgIpc) is 2.03. The van der Waals surface area contributed by atoms with Crippen LogP contribution in [0.4, 0.5) is 9.59 Å². The minimum absolute atomic E-state index is 0.344. The van der Waals surface area contributed by atoms with Gasteiger partial charge < -0.3 is 20.9 Å². The zero-order chi connectivity index (χ0) is 10.7. The van der Waals surface area contributed by atoms with Crippen LogP contribution < -0.4 is 11.1 Å². The van der Waals surface area contributed by atoms with E-state index in [-0.39, 0.29) is 6.09 Å². The molecule has 2 amide bonds. The van der Waals surface area contributed by atoms with Gasteiger partial charge in [-0.15, -0.1) is 0 Å². The summed E-state index contributed by atoms with van der Waals surface area (Å²) in [6, 6.07) is 0. The lowest BCUT2D eigenvalue weighted by Gasteiger charge is -1.99. The second-order valence-electron chi connectivity index (χ2n) is 2.11. The molecule has 0 saturated heterocycles. The van der Waals surface area contributed by atoms with Gasteiger partial charge in [-0.3, -0.25) is 0 Å². The molecule has 78 valence electrons. The van der Waals surface area contributed by atoms with Crippen molar-refractivity contribution in [2.75, 3.05) is 13.7 Å². The summed E-state index contributed by atoms with van der Waals surface area (Å²) in [5.41, 5.74) is 4.03. The number of methoxy groups -OCH3 is 1. The Balaban J connectivity index is 0. The van der Waals surface area contributed by atoms with Crippen molar-refractivity contribution in [2.45, 2.75) is 19.8 Å². The summed E-state index contributed by atoms with van der Waals surface area (Å²) in [6.07, 6.45) is 0.419. The predicted octanol–water partition coefficient (Wildman–Crippen LogP) is 0.766. The van der Waals surface area contributed by atoms with Crippen molar-refractivity contribution < 1.29 is 19.4 Å². The Hall–Kier alpha value is -1.46. The van der Waals surface area contributed by atoms with Gasteiger partial charge in [0.1, 0.15) is 0 Å². The predicted molar refractivity (Wildman–Crippen MR) is 47.5 cm³/mol. The fourth-order valence-electron chi connectivity index (χ4n) is 0.439. The van der Waals surface area contributed by atoms with E-state index in [9.17, 15) is 4.79 Å². The number of nitrogens with two attached hydrogens (primary N) is 1. The molecule has 6 nitrogen and oxygen atoms in total. The molecule has 0 aromatic heterocycles. The Morgan fingerprint density at radius 2 is 2.00 bits per heavy atom. The minimum Gasteiger partial charge on any atom is -0.465 e. The number of carbonyl (C=O) groups is 2. The van der Waals surface area contributed by atoms with Crippen LogP contribution in [0, 0.1) is 0 Å². The highest BCUT2D eigenvalue weighted by molar-refractivity contribution is 5.66. The molecule has 0 saturated carbocycles. The summed E-state index contributed by atoms with van der Waals surface area (Å²) < 4.78 is 4.35. The van der Waals surface area contributed by atoms with Crippen molar-refractivity contribution in [3.05, 3.63) is 0 Å². The van der Waals surface area contributed by atoms with Gasteiger partial charge in [0.15, 0.2) is 0 Å². The van der Waals surface area contributed by atoms with Crippen LogP contribution in [0.15, 0.2) is 0 Å². The molecule has 0 aliphatic heterocycles. The number of ether oxygens (including phenoxy) is 1. The Morgan fingerprint density at radius 1 is 1.54 bits per heavy atom. The highest BCUT2D eigenvalue weighted by Gasteiger charge is 1.93. The SMILES string of the molecule is CCCCNC(=O)OC.NC(=O)O. The van der Waals surface area contributed by atoms with Crippen molar-refractivity contribution in [3.63, 3.8) is 0 Å². The van der Waals surface area contributed by atoms with E-state index in [1.165, 1.54) is 7.11 Å². The Labute approximate surface area is 77.1 Å². The first-order chi connectivity index (χ1) is 6.04. The maximum absolute atomic E-state index is 10.4. The molecule has 0 unspecified atom stereocenters. The van der Waals surface area contributed by atoms with Crippen molar-refractivity contribution >= 4 is 12.2 Å². The topological polar surface area (TPSA) is 102 Å². The van der Waals surface area contributed by atoms with Gasteiger partial charge in [0, 0.05) is 6.54 Å². The van der Waals surface area contributed by atoms with E-state index in [2.05, 4.69) is 22.7 Å². The molecular weight excluding hydrogens is 176 g/mol. The van der Waals surface area contributed by atoms with E-state index >= 15 is 0 Å². The Kier molecular flexibility index (Phi) is 11.4. The lowest BCUT2D eigenvalue weighted by atomic mass is 10.3. The summed E-state index contributed by atoms with van der Waals surface area (Å²) in [6.45, 7) is 2.78. The number of carbonyl (C=O) groups excluding carboxylic acids is 1. The number of carboxylic acid groups (broad SMARTS) is 1. The quantitative estimate of drug-likeness (QED) is 0.574. The smallest absolute Gasteiger partial charge is 0.406 e. The third-order valence-electron chi connectivity index (χ3n) is 0.985. The molecule has 0 radical (unpaired) electrons. The molecule has 0 fully saturated rings. The molecule has 0 aromatic rings. The minimum atomic E-state index is -1.33. The zero-order valence-electron chi connectivity index (χ0n) is 7.87. The lowest BCUT2D eigenvalue weighted by molar-refractivity contribution is 0.171. The van der Waals surface area contributed by atoms with Gasteiger partial charge in [-0.1, -0.05) is 13.3 Å². The highest BCUT2D eigenvalue weighted by Crippen LogP contribution is 1.82. The summed E-state index contributed by atoms with van der Waals surface area (Å²) in [7, 11) is 1.36. The third-order valence-corrected chi connectivity index (χ3v) is 0.985. The van der Waals surface area contributed by atoms with Crippen LogP contribution in [-0.2, 0) is 4.74 Å². The van der Waals surface area contributed by atoms with Crippen LogP contribution in [0.25, 0.3) is 0 Å². The highest BCUT2D eigenvalue weighted by atomic mass is 16.5. The van der Waals surface area contributed by atoms with Gasteiger partial charge in [0.05, 0.1) is 7.11 Å². The zero-order valence-corrected chi connectivity index (χ0v) is 7.87. The molecule has 4 N–H and O–H groups in total. The number of rotatable bonds is 3. The van der Waals surface area contributed by atoms with E-state index in [0.717, 1.165) is 12.8 Å². The number of alkyl carbamates (subject to hydrolysis) is 1. The van der Waals surface area contributed by atoms with E-state index in [4.69, 9.17) is 9.90 Å². The van der Waals surface area contributed by atoms with E-state index in [0.29, 0.717) is 6.54 Å². The average molecular weight is 192 g/mol. The van der Waals surface area contributed by atoms with Gasteiger partial charge >= 0.3 is 12.2 Å². The molecule has 6 heteroatoms. The standard InChI is InChI=1S/C6H13NO2.CH3NO2/c1-3-4-5-7-6(8)9-2;2-1(3)4/h3-5H2,1-2H3,(H,7,8);2H2,(H,3,4). The largest absolute Gasteiger partial charge is 0.465 e. The van der Waals surface area contributed by atoms with Gasteiger partial charge in [0.25, 0.3) is 0 Å². The maximum Gasteiger partial charge on any atom is 0.406 e. The van der Waals surface area contributed by atoms with Gasteiger partial charge in [0.2, 0.25) is 0 Å². The summed E-state index contributed by atoms with van der Waals surface area (Å²) >= 11 is 0. The maximum atomic E-state index is 10.4. The Morgan fingerprint density at radius 3 is 2.31 bits per heavy atom. The van der Waals surface area contributed by atoms with Crippen LogP contribution in [0.1, 0.15) is 19.8 Å². The lowest BCUT2D eigenvalue weighted by Crippen LogP contribution is -2.23. The van der Waals surface area contributed by atoms with Gasteiger partial charge in [-0.25, -0.2) is 9.59 Å². The van der Waals surface area contributed by atoms with Crippen LogP contribution in [0.3, 0.4) is 0 Å². The van der Waals surface area contributed by atoms with Crippen LogP contribution in [0.2, 0.25) is 0 Å². The van der Waals surface area contributed by atoms with Gasteiger partial charge in [-0.05, 0) is 6.42 Å². The first-order valence-electron chi connectivity index (χ1n) is 3.84. The van der Waals surface area contributed by atoms with E-state index in [1.807, 2.05) is 0 Å². The van der Waals surface area contributed by atoms with Crippen LogP contribution in [0.5, 0.6) is 0 Å². The summed E-state index contributed by atoms with van der Waals surface area (Å²) in [5.74, 6) is 0. The van der Waals surface area contributed by atoms with Crippen LogP contribution in [-0.4, -0.2) is 30.9 Å². The first-order valence-corrected chi connectivity index (χ1v) is 3.84. The normalized spacial score (nSPS) is 7.85. The fourth-order valence-corrected chi connectivity index (χ4v) is 0.439. The van der Waals surface area contributed by atoms with Gasteiger partial charge in [-0.2, -0.15) is 0 Å². The molecule has 13 heavy (non-hydrogen) atoms. The number of hydrogen-bond donors (Lipinski definition) is 3.